The molecule has 1 aromatic heterocycles. The first-order valence-corrected chi connectivity index (χ1v) is 16.4. The van der Waals surface area contributed by atoms with Crippen molar-refractivity contribution in [2.45, 2.75) is 25.4 Å². The van der Waals surface area contributed by atoms with Gasteiger partial charge in [-0.1, -0.05) is 42.3 Å². The Bertz CT molecular complexity index is 1890. The zero-order chi connectivity index (χ0) is 32.2. The number of carbonyl (C=O) groups is 2. The van der Waals surface area contributed by atoms with Crippen LogP contribution >= 0.6 is 11.9 Å². The second-order valence-electron chi connectivity index (χ2n) is 11.1. The molecule has 1 amide bonds. The number of ether oxygens (including phenoxy) is 2. The predicted octanol–water partition coefficient (Wildman–Crippen LogP) is 7.65. The fourth-order valence-corrected chi connectivity index (χ4v) is 6.39. The maximum atomic E-state index is 13.7. The zero-order valence-corrected chi connectivity index (χ0v) is 26.5. The lowest BCUT2D eigenvalue weighted by atomic mass is 10.00. The van der Waals surface area contributed by atoms with Crippen LogP contribution in [0.5, 0.6) is 0 Å². The smallest absolute Gasteiger partial charge is 0.336 e. The average molecular weight is 643 g/mol. The highest BCUT2D eigenvalue weighted by atomic mass is 32.2. The minimum Gasteiger partial charge on any atom is -0.478 e. The molecule has 46 heavy (non-hydrogen) atoms. The molecule has 238 valence electrons. The largest absolute Gasteiger partial charge is 0.478 e. The van der Waals surface area contributed by atoms with Crippen LogP contribution in [0.1, 0.15) is 50.6 Å². The molecular weight excluding hydrogens is 607 g/mol. The second kappa shape index (κ2) is 13.9. The second-order valence-corrected chi connectivity index (χ2v) is 12.0. The molecule has 1 saturated carbocycles. The molecule has 0 atom stereocenters. The number of carboxylic acids is 1. The van der Waals surface area contributed by atoms with Crippen LogP contribution in [0, 0.1) is 5.82 Å². The number of aromatic carboxylic acids is 1. The van der Waals surface area contributed by atoms with E-state index in [4.69, 9.17) is 13.9 Å². The molecule has 4 aromatic carbocycles. The van der Waals surface area contributed by atoms with Crippen molar-refractivity contribution in [2.75, 3.05) is 44.0 Å². The fraction of sp³-hybridized carbons (Fsp3) is 0.278. The first-order chi connectivity index (χ1) is 22.4. The van der Waals surface area contributed by atoms with Crippen molar-refractivity contribution in [2.24, 2.45) is 0 Å². The number of hydrogen-bond donors (Lipinski definition) is 2. The Balaban J connectivity index is 1.12. The number of anilines is 1. The van der Waals surface area contributed by atoms with Crippen LogP contribution in [0.15, 0.2) is 77.2 Å². The van der Waals surface area contributed by atoms with E-state index in [1.54, 1.807) is 43.3 Å². The average Bonchev–Trinajstić information content (AvgIpc) is 3.85. The van der Waals surface area contributed by atoms with Gasteiger partial charge in [-0.3, -0.25) is 4.79 Å². The van der Waals surface area contributed by atoms with Crippen LogP contribution in [-0.4, -0.2) is 56.7 Å². The first kappa shape index (κ1) is 31.6. The third kappa shape index (κ3) is 6.60. The Hall–Kier alpha value is -4.38. The Morgan fingerprint density at radius 2 is 1.72 bits per heavy atom. The zero-order valence-electron chi connectivity index (χ0n) is 25.7. The molecule has 1 fully saturated rings. The summed E-state index contributed by atoms with van der Waals surface area (Å²) in [6, 6.07) is 20.9. The van der Waals surface area contributed by atoms with Gasteiger partial charge < -0.3 is 28.6 Å². The van der Waals surface area contributed by atoms with Gasteiger partial charge in [0.15, 0.2) is 0 Å². The minimum atomic E-state index is -0.951. The van der Waals surface area contributed by atoms with E-state index in [9.17, 15) is 19.1 Å². The maximum absolute atomic E-state index is 13.7. The summed E-state index contributed by atoms with van der Waals surface area (Å²) in [7, 11) is 1.59. The van der Waals surface area contributed by atoms with Crippen LogP contribution in [0.25, 0.3) is 33.1 Å². The highest BCUT2D eigenvalue weighted by Crippen LogP contribution is 2.48. The van der Waals surface area contributed by atoms with Gasteiger partial charge in [0.05, 0.1) is 49.8 Å². The first-order valence-electron chi connectivity index (χ1n) is 15.2. The molecule has 0 radical (unpaired) electrons. The van der Waals surface area contributed by atoms with Crippen molar-refractivity contribution >= 4 is 51.3 Å². The van der Waals surface area contributed by atoms with Crippen molar-refractivity contribution in [3.63, 3.8) is 0 Å². The monoisotopic (exact) mass is 642 g/mol. The van der Waals surface area contributed by atoms with Crippen molar-refractivity contribution in [1.29, 1.82) is 0 Å². The predicted molar refractivity (Wildman–Crippen MR) is 179 cm³/mol. The van der Waals surface area contributed by atoms with Crippen LogP contribution in [0.2, 0.25) is 0 Å². The summed E-state index contributed by atoms with van der Waals surface area (Å²) in [5.41, 5.74) is 5.07. The fourth-order valence-electron chi connectivity index (χ4n) is 5.77. The summed E-state index contributed by atoms with van der Waals surface area (Å²) in [6.07, 6.45) is 4.19. The van der Waals surface area contributed by atoms with E-state index < -0.39 is 5.97 Å². The van der Waals surface area contributed by atoms with Crippen LogP contribution < -0.4 is 9.62 Å². The number of fused-ring (bicyclic) bond motifs is 2. The van der Waals surface area contributed by atoms with Crippen molar-refractivity contribution < 1.29 is 33.0 Å². The summed E-state index contributed by atoms with van der Waals surface area (Å²) in [5.74, 6) is -0.739. The summed E-state index contributed by atoms with van der Waals surface area (Å²) in [6.45, 7) is 2.27. The maximum Gasteiger partial charge on any atom is 0.336 e. The molecule has 2 N–H and O–H groups in total. The lowest BCUT2D eigenvalue weighted by Gasteiger charge is -2.24. The molecule has 0 saturated heterocycles. The normalized spacial score (nSPS) is 12.9. The Kier molecular flexibility index (Phi) is 9.58. The van der Waals surface area contributed by atoms with Gasteiger partial charge in [-0.15, -0.1) is 0 Å². The number of carbonyl (C=O) groups excluding carboxylic acids is 1. The standard InChI is InChI=1S/C36H35FN2O6S/c1-38-35(40)33-30-19-29(22-7-8-22)31(20-32(30)45-34(33)23-9-12-25(37)13-10-23)39(46-2)15-16-43-17-18-44-21-24-11-14-28(36(41)42)27-6-4-3-5-26(24)27/h3-6,9-14,19-20,22H,7-8,15-18,21H2,1-2H3,(H,38,40)(H,41,42). The van der Waals surface area contributed by atoms with Crippen LogP contribution in [-0.2, 0) is 16.1 Å². The van der Waals surface area contributed by atoms with Crippen molar-refractivity contribution in [3.8, 4) is 11.3 Å². The van der Waals surface area contributed by atoms with Gasteiger partial charge >= 0.3 is 5.97 Å². The van der Waals surface area contributed by atoms with Gasteiger partial charge in [0, 0.05) is 30.3 Å². The molecule has 0 aliphatic heterocycles. The summed E-state index contributed by atoms with van der Waals surface area (Å²) >= 11 is 1.60. The molecule has 0 bridgehead atoms. The van der Waals surface area contributed by atoms with E-state index in [0.717, 1.165) is 34.9 Å². The number of nitrogens with one attached hydrogen (secondary N) is 1. The van der Waals surface area contributed by atoms with E-state index in [2.05, 4.69) is 15.7 Å². The topological polar surface area (TPSA) is 101 Å². The van der Waals surface area contributed by atoms with E-state index >= 15 is 0 Å². The Morgan fingerprint density at radius 3 is 2.41 bits per heavy atom. The lowest BCUT2D eigenvalue weighted by molar-refractivity contribution is 0.0440. The van der Waals surface area contributed by atoms with Crippen LogP contribution in [0.3, 0.4) is 0 Å². The van der Waals surface area contributed by atoms with Gasteiger partial charge in [-0.05, 0) is 77.1 Å². The summed E-state index contributed by atoms with van der Waals surface area (Å²) < 4.78 is 34.0. The minimum absolute atomic E-state index is 0.254. The number of nitrogens with zero attached hydrogens (tertiary/aromatic N) is 1. The number of furan rings is 1. The quantitative estimate of drug-likeness (QED) is 0.0942. The van der Waals surface area contributed by atoms with Crippen molar-refractivity contribution in [3.05, 3.63) is 101 Å². The Labute approximate surface area is 270 Å². The number of hydrogen-bond acceptors (Lipinski definition) is 7. The molecule has 5 aromatic rings. The number of rotatable bonds is 14. The number of amides is 1. The van der Waals surface area contributed by atoms with E-state index in [1.807, 2.05) is 36.6 Å². The summed E-state index contributed by atoms with van der Waals surface area (Å²) in [5, 5.41) is 14.5. The van der Waals surface area contributed by atoms with Gasteiger partial charge in [0.2, 0.25) is 0 Å². The molecule has 1 heterocycles. The van der Waals surface area contributed by atoms with E-state index in [1.165, 1.54) is 17.7 Å². The van der Waals surface area contributed by atoms with Gasteiger partial charge in [0.1, 0.15) is 17.2 Å². The summed E-state index contributed by atoms with van der Waals surface area (Å²) in [4.78, 5) is 24.6. The molecule has 10 heteroatoms. The highest BCUT2D eigenvalue weighted by Gasteiger charge is 2.31. The van der Waals surface area contributed by atoms with Gasteiger partial charge in [-0.25, -0.2) is 9.18 Å². The lowest BCUT2D eigenvalue weighted by Crippen LogP contribution is -2.22. The third-order valence-electron chi connectivity index (χ3n) is 8.22. The SMILES string of the molecule is CNC(=O)c1c(-c2ccc(F)cc2)oc2cc(N(CCOCCOCc3ccc(C(=O)O)c4ccccc34)SC)c(C3CC3)cc12. The molecular formula is C36H35FN2O6S. The Morgan fingerprint density at radius 1 is 0.978 bits per heavy atom. The van der Waals surface area contributed by atoms with E-state index in [0.29, 0.717) is 66.7 Å². The molecule has 0 unspecified atom stereocenters. The van der Waals surface area contributed by atoms with Crippen molar-refractivity contribution in [1.82, 2.24) is 5.32 Å². The molecule has 8 nitrogen and oxygen atoms in total. The van der Waals surface area contributed by atoms with Gasteiger partial charge in [-0.2, -0.15) is 0 Å². The molecule has 0 spiro atoms. The third-order valence-corrected chi connectivity index (χ3v) is 9.04. The highest BCUT2D eigenvalue weighted by molar-refractivity contribution is 7.99. The van der Waals surface area contributed by atoms with E-state index in [-0.39, 0.29) is 17.3 Å². The number of carboxylic acid groups (broad SMARTS) is 1. The molecule has 6 rings (SSSR count). The van der Waals surface area contributed by atoms with Crippen LogP contribution in [0.4, 0.5) is 10.1 Å². The molecule has 1 aliphatic carbocycles. The number of halogens is 1. The molecule has 1 aliphatic rings. The number of benzene rings is 4. The van der Waals surface area contributed by atoms with Gasteiger partial charge in [0.25, 0.3) is 5.91 Å².